The smallest absolute Gasteiger partial charge is 0.318 e. The number of ether oxygens (including phenoxy) is 1. The highest BCUT2D eigenvalue weighted by atomic mass is 16.5. The van der Waals surface area contributed by atoms with Gasteiger partial charge < -0.3 is 15.0 Å². The first-order valence-electron chi connectivity index (χ1n) is 15.9. The Morgan fingerprint density at radius 3 is 2.62 bits per heavy atom. The molecule has 2 aliphatic carbocycles. The van der Waals surface area contributed by atoms with E-state index in [1.807, 2.05) is 0 Å². The largest absolute Gasteiger partial charge is 0.462 e. The summed E-state index contributed by atoms with van der Waals surface area (Å²) >= 11 is 0. The Morgan fingerprint density at radius 2 is 1.80 bits per heavy atom. The highest BCUT2D eigenvalue weighted by molar-refractivity contribution is 5.90. The van der Waals surface area contributed by atoms with Crippen LogP contribution in [0.3, 0.4) is 0 Å². The Kier molecular flexibility index (Phi) is 6.07. The van der Waals surface area contributed by atoms with Crippen molar-refractivity contribution in [2.45, 2.75) is 101 Å². The fourth-order valence-corrected chi connectivity index (χ4v) is 8.98. The minimum absolute atomic E-state index is 0.145. The summed E-state index contributed by atoms with van der Waals surface area (Å²) in [6, 6.07) is 16.5. The number of aryl methyl sites for hydroxylation is 1. The standard InChI is InChI=1S/C34H43N5O/c1-22(2)38-17-5-9-27(38)21-40-33-36-30-18-34(15-13-24-7-3-6-23-8-4-10-29(34)31(23)24)16-14-28(30)32(37-33)39-25-11-12-26(39)20-35-19-25/h3-4,6-8,10,22,25-27,35H,5,9,11-21H2,1-2H3/t25-,26+,27-,34?/m0/s1. The lowest BCUT2D eigenvalue weighted by Gasteiger charge is -2.44. The van der Waals surface area contributed by atoms with Crippen molar-refractivity contribution < 1.29 is 4.74 Å². The topological polar surface area (TPSA) is 53.5 Å². The number of benzene rings is 2. The molecule has 3 aliphatic heterocycles. The fourth-order valence-electron chi connectivity index (χ4n) is 8.98. The van der Waals surface area contributed by atoms with Crippen molar-refractivity contribution in [3.05, 3.63) is 58.8 Å². The Balaban J connectivity index is 1.18. The van der Waals surface area contributed by atoms with Gasteiger partial charge in [0.2, 0.25) is 0 Å². The first-order valence-corrected chi connectivity index (χ1v) is 15.9. The SMILES string of the molecule is CC(C)N1CCC[C@H]1COc1nc2c(c(N3[C@@H]4CC[C@H]3CNC4)n1)CCC1(CCc3cccc4cccc1c34)C2. The molecular formula is C34H43N5O. The van der Waals surface area contributed by atoms with E-state index in [9.17, 15) is 0 Å². The predicted octanol–water partition coefficient (Wildman–Crippen LogP) is 5.19. The zero-order valence-electron chi connectivity index (χ0n) is 24.2. The van der Waals surface area contributed by atoms with Crippen LogP contribution in [-0.4, -0.2) is 65.3 Å². The Bertz CT molecular complexity index is 1420. The number of nitrogens with one attached hydrogen (secondary N) is 1. The van der Waals surface area contributed by atoms with E-state index in [0.717, 1.165) is 32.4 Å². The number of fused-ring (bicyclic) bond motifs is 4. The summed E-state index contributed by atoms with van der Waals surface area (Å²) in [7, 11) is 0. The third kappa shape index (κ3) is 3.97. The number of hydrogen-bond acceptors (Lipinski definition) is 6. The van der Waals surface area contributed by atoms with Crippen LogP contribution in [0.4, 0.5) is 5.82 Å². The van der Waals surface area contributed by atoms with Crippen molar-refractivity contribution in [1.29, 1.82) is 0 Å². The lowest BCUT2D eigenvalue weighted by atomic mass is 9.62. The summed E-state index contributed by atoms with van der Waals surface area (Å²) in [6.07, 6.45) is 10.5. The molecule has 4 atom stereocenters. The molecule has 1 spiro atoms. The minimum Gasteiger partial charge on any atom is -0.462 e. The van der Waals surface area contributed by atoms with Crippen LogP contribution in [0, 0.1) is 0 Å². The van der Waals surface area contributed by atoms with Crippen molar-refractivity contribution in [2.75, 3.05) is 31.1 Å². The van der Waals surface area contributed by atoms with Gasteiger partial charge in [-0.05, 0) is 93.7 Å². The number of likely N-dealkylation sites (tertiary alicyclic amines) is 1. The first kappa shape index (κ1) is 25.0. The van der Waals surface area contributed by atoms with Gasteiger partial charge in [-0.2, -0.15) is 9.97 Å². The average molecular weight is 538 g/mol. The van der Waals surface area contributed by atoms with Gasteiger partial charge in [-0.1, -0.05) is 36.4 Å². The van der Waals surface area contributed by atoms with E-state index in [2.05, 4.69) is 65.4 Å². The lowest BCUT2D eigenvalue weighted by Crippen LogP contribution is -2.53. The summed E-state index contributed by atoms with van der Waals surface area (Å²) in [6.45, 7) is 8.56. The van der Waals surface area contributed by atoms with Crippen LogP contribution in [0.5, 0.6) is 6.01 Å². The van der Waals surface area contributed by atoms with Crippen LogP contribution in [-0.2, 0) is 24.7 Å². The van der Waals surface area contributed by atoms with Crippen LogP contribution >= 0.6 is 0 Å². The maximum atomic E-state index is 6.54. The second kappa shape index (κ2) is 9.70. The maximum Gasteiger partial charge on any atom is 0.318 e. The number of nitrogens with zero attached hydrogens (tertiary/aromatic N) is 4. The summed E-state index contributed by atoms with van der Waals surface area (Å²) in [5.41, 5.74) is 5.84. The van der Waals surface area contributed by atoms with Gasteiger partial charge in [-0.25, -0.2) is 0 Å². The number of piperazine rings is 1. The number of aromatic nitrogens is 2. The van der Waals surface area contributed by atoms with Crippen LogP contribution < -0.4 is 15.0 Å². The molecule has 2 bridgehead atoms. The van der Waals surface area contributed by atoms with Crippen LogP contribution in [0.25, 0.3) is 10.8 Å². The number of hydrogen-bond donors (Lipinski definition) is 1. The molecule has 210 valence electrons. The molecule has 4 heterocycles. The molecule has 5 aliphatic rings. The van der Waals surface area contributed by atoms with Gasteiger partial charge in [-0.3, -0.25) is 4.90 Å². The van der Waals surface area contributed by atoms with Gasteiger partial charge in [0.25, 0.3) is 0 Å². The first-order chi connectivity index (χ1) is 19.6. The highest BCUT2D eigenvalue weighted by Crippen LogP contribution is 2.50. The Labute approximate surface area is 238 Å². The molecule has 8 rings (SSSR count). The van der Waals surface area contributed by atoms with E-state index in [-0.39, 0.29) is 5.41 Å². The molecule has 2 aromatic carbocycles. The number of rotatable bonds is 5. The van der Waals surface area contributed by atoms with E-state index in [1.165, 1.54) is 78.5 Å². The van der Waals surface area contributed by atoms with Gasteiger partial charge >= 0.3 is 6.01 Å². The van der Waals surface area contributed by atoms with Crippen LogP contribution in [0.1, 0.15) is 74.8 Å². The third-order valence-corrected chi connectivity index (χ3v) is 11.0. The molecule has 0 amide bonds. The van der Waals surface area contributed by atoms with E-state index in [1.54, 1.807) is 5.56 Å². The lowest BCUT2D eigenvalue weighted by molar-refractivity contribution is 0.138. The molecule has 6 heteroatoms. The van der Waals surface area contributed by atoms with Crippen molar-refractivity contribution in [3.63, 3.8) is 0 Å². The van der Waals surface area contributed by atoms with E-state index < -0.39 is 0 Å². The quantitative estimate of drug-likeness (QED) is 0.483. The summed E-state index contributed by atoms with van der Waals surface area (Å²) in [5.74, 6) is 1.19. The molecule has 40 heavy (non-hydrogen) atoms. The second-order valence-electron chi connectivity index (χ2n) is 13.4. The van der Waals surface area contributed by atoms with Gasteiger partial charge in [0, 0.05) is 54.7 Å². The van der Waals surface area contributed by atoms with Gasteiger partial charge in [0.1, 0.15) is 12.4 Å². The molecular weight excluding hydrogens is 494 g/mol. The number of anilines is 1. The van der Waals surface area contributed by atoms with Gasteiger partial charge in [0.05, 0.1) is 5.69 Å². The highest BCUT2D eigenvalue weighted by Gasteiger charge is 2.44. The summed E-state index contributed by atoms with van der Waals surface area (Å²) < 4.78 is 6.54. The molecule has 0 radical (unpaired) electrons. The van der Waals surface area contributed by atoms with Gasteiger partial charge in [0.15, 0.2) is 0 Å². The van der Waals surface area contributed by atoms with Crippen molar-refractivity contribution >= 4 is 16.6 Å². The molecule has 3 aromatic rings. The maximum absolute atomic E-state index is 6.54. The Hall–Kier alpha value is -2.70. The van der Waals surface area contributed by atoms with Gasteiger partial charge in [-0.15, -0.1) is 0 Å². The molecule has 0 saturated carbocycles. The zero-order valence-corrected chi connectivity index (χ0v) is 24.2. The van der Waals surface area contributed by atoms with E-state index in [4.69, 9.17) is 14.7 Å². The minimum atomic E-state index is 0.145. The van der Waals surface area contributed by atoms with Crippen molar-refractivity contribution in [2.24, 2.45) is 0 Å². The third-order valence-electron chi connectivity index (χ3n) is 11.0. The van der Waals surface area contributed by atoms with Crippen molar-refractivity contribution in [1.82, 2.24) is 20.2 Å². The monoisotopic (exact) mass is 537 g/mol. The summed E-state index contributed by atoms with van der Waals surface area (Å²) in [5, 5.41) is 6.55. The molecule has 3 fully saturated rings. The fraction of sp³-hybridized carbons (Fsp3) is 0.588. The average Bonchev–Trinajstić information content (AvgIpc) is 3.54. The van der Waals surface area contributed by atoms with E-state index >= 15 is 0 Å². The zero-order chi connectivity index (χ0) is 26.8. The van der Waals surface area contributed by atoms with Crippen LogP contribution in [0.2, 0.25) is 0 Å². The normalized spacial score (nSPS) is 29.5. The summed E-state index contributed by atoms with van der Waals surface area (Å²) in [4.78, 5) is 15.7. The molecule has 6 nitrogen and oxygen atoms in total. The second-order valence-corrected chi connectivity index (χ2v) is 13.4. The molecule has 1 unspecified atom stereocenters. The molecule has 3 saturated heterocycles. The van der Waals surface area contributed by atoms with Crippen LogP contribution in [0.15, 0.2) is 36.4 Å². The molecule has 1 N–H and O–H groups in total. The van der Waals surface area contributed by atoms with E-state index in [0.29, 0.717) is 36.8 Å². The Morgan fingerprint density at radius 1 is 1.00 bits per heavy atom. The predicted molar refractivity (Wildman–Crippen MR) is 161 cm³/mol. The molecule has 1 aromatic heterocycles. The van der Waals surface area contributed by atoms with Crippen molar-refractivity contribution in [3.8, 4) is 6.01 Å².